The van der Waals surface area contributed by atoms with E-state index < -0.39 is 11.6 Å². The van der Waals surface area contributed by atoms with E-state index >= 15 is 0 Å². The second kappa shape index (κ2) is 5.51. The van der Waals surface area contributed by atoms with Crippen LogP contribution >= 0.6 is 0 Å². The van der Waals surface area contributed by atoms with Gasteiger partial charge < -0.3 is 4.90 Å². The van der Waals surface area contributed by atoms with E-state index in [1.807, 2.05) is 6.92 Å². The highest BCUT2D eigenvalue weighted by Gasteiger charge is 2.34. The predicted molar refractivity (Wildman–Crippen MR) is 77.2 cm³/mol. The molecule has 1 aliphatic rings. The van der Waals surface area contributed by atoms with Gasteiger partial charge in [0, 0.05) is 31.3 Å². The summed E-state index contributed by atoms with van der Waals surface area (Å²) in [4.78, 5) is 14.4. The van der Waals surface area contributed by atoms with Crippen LogP contribution in [0.1, 0.15) is 34.6 Å². The molecule has 1 aromatic carbocycles. The second-order valence-electron chi connectivity index (χ2n) is 5.69. The third kappa shape index (κ3) is 2.86. The largest absolute Gasteiger partial charge is 0.330 e. The van der Waals surface area contributed by atoms with Crippen molar-refractivity contribution in [1.29, 1.82) is 0 Å². The number of aromatic nitrogens is 2. The molecule has 2 aromatic rings. The molecule has 1 fully saturated rings. The number of rotatable bonds is 4. The molecule has 1 aliphatic carbocycles. The van der Waals surface area contributed by atoms with Gasteiger partial charge in [-0.15, -0.1) is 0 Å². The zero-order valence-electron chi connectivity index (χ0n) is 12.5. The Kier molecular flexibility index (Phi) is 3.68. The van der Waals surface area contributed by atoms with E-state index in [0.29, 0.717) is 11.3 Å². The SMILES string of the molecule is Cc1cc(C(=O)N(Cc2ccc(F)cc2F)C2CC2)n(C)n1. The van der Waals surface area contributed by atoms with Gasteiger partial charge in [-0.05, 0) is 31.9 Å². The highest BCUT2D eigenvalue weighted by molar-refractivity contribution is 5.93. The van der Waals surface area contributed by atoms with Crippen molar-refractivity contribution in [2.75, 3.05) is 0 Å². The lowest BCUT2D eigenvalue weighted by Crippen LogP contribution is -2.34. The van der Waals surface area contributed by atoms with Crippen LogP contribution in [0.25, 0.3) is 0 Å². The Balaban J connectivity index is 1.87. The number of hydrogen-bond acceptors (Lipinski definition) is 2. The summed E-state index contributed by atoms with van der Waals surface area (Å²) >= 11 is 0. The molecule has 0 N–H and O–H groups in total. The maximum atomic E-state index is 13.8. The monoisotopic (exact) mass is 305 g/mol. The first-order valence-electron chi connectivity index (χ1n) is 7.21. The van der Waals surface area contributed by atoms with Crippen molar-refractivity contribution in [3.8, 4) is 0 Å². The van der Waals surface area contributed by atoms with Crippen LogP contribution in [0.3, 0.4) is 0 Å². The number of aryl methyl sites for hydroxylation is 2. The molecule has 1 amide bonds. The van der Waals surface area contributed by atoms with Crippen molar-refractivity contribution in [2.24, 2.45) is 7.05 Å². The molecule has 0 radical (unpaired) electrons. The van der Waals surface area contributed by atoms with Crippen LogP contribution in [0, 0.1) is 18.6 Å². The van der Waals surface area contributed by atoms with Gasteiger partial charge in [0.1, 0.15) is 17.3 Å². The quantitative estimate of drug-likeness (QED) is 0.871. The molecule has 0 bridgehead atoms. The maximum absolute atomic E-state index is 13.8. The van der Waals surface area contributed by atoms with E-state index in [2.05, 4.69) is 5.10 Å². The molecule has 1 saturated carbocycles. The van der Waals surface area contributed by atoms with Crippen LogP contribution < -0.4 is 0 Å². The predicted octanol–water partition coefficient (Wildman–Crippen LogP) is 2.81. The first kappa shape index (κ1) is 14.7. The number of nitrogens with zero attached hydrogens (tertiary/aromatic N) is 3. The summed E-state index contributed by atoms with van der Waals surface area (Å²) in [6.07, 6.45) is 1.82. The lowest BCUT2D eigenvalue weighted by atomic mass is 10.2. The third-order valence-corrected chi connectivity index (χ3v) is 3.83. The van der Waals surface area contributed by atoms with E-state index in [4.69, 9.17) is 0 Å². The Morgan fingerprint density at radius 2 is 2.09 bits per heavy atom. The van der Waals surface area contributed by atoms with Crippen molar-refractivity contribution in [3.05, 3.63) is 52.9 Å². The molecule has 0 aliphatic heterocycles. The van der Waals surface area contributed by atoms with E-state index in [1.165, 1.54) is 16.8 Å². The molecule has 6 heteroatoms. The molecule has 4 nitrogen and oxygen atoms in total. The molecule has 1 aromatic heterocycles. The van der Waals surface area contributed by atoms with Crippen molar-refractivity contribution in [2.45, 2.75) is 32.4 Å². The normalized spacial score (nSPS) is 14.2. The number of amides is 1. The molecular weight excluding hydrogens is 288 g/mol. The average molecular weight is 305 g/mol. The fraction of sp³-hybridized carbons (Fsp3) is 0.375. The van der Waals surface area contributed by atoms with Crippen molar-refractivity contribution in [1.82, 2.24) is 14.7 Å². The van der Waals surface area contributed by atoms with Crippen molar-refractivity contribution in [3.63, 3.8) is 0 Å². The van der Waals surface area contributed by atoms with Gasteiger partial charge in [0.25, 0.3) is 5.91 Å². The Labute approximate surface area is 127 Å². The van der Waals surface area contributed by atoms with Crippen molar-refractivity contribution < 1.29 is 13.6 Å². The van der Waals surface area contributed by atoms with Gasteiger partial charge in [0.2, 0.25) is 0 Å². The van der Waals surface area contributed by atoms with Crippen molar-refractivity contribution >= 4 is 5.91 Å². The van der Waals surface area contributed by atoms with Crippen LogP contribution in [0.2, 0.25) is 0 Å². The number of benzene rings is 1. The molecule has 0 spiro atoms. The van der Waals surface area contributed by atoms with Gasteiger partial charge in [-0.25, -0.2) is 8.78 Å². The summed E-state index contributed by atoms with van der Waals surface area (Å²) in [5.41, 5.74) is 1.56. The summed E-state index contributed by atoms with van der Waals surface area (Å²) in [7, 11) is 1.71. The summed E-state index contributed by atoms with van der Waals surface area (Å²) in [5, 5.41) is 4.18. The highest BCUT2D eigenvalue weighted by Crippen LogP contribution is 2.30. The fourth-order valence-corrected chi connectivity index (χ4v) is 2.54. The summed E-state index contributed by atoms with van der Waals surface area (Å²) in [6.45, 7) is 1.96. The molecule has 1 heterocycles. The Hall–Kier alpha value is -2.24. The zero-order chi connectivity index (χ0) is 15.9. The van der Waals surface area contributed by atoms with E-state index in [9.17, 15) is 13.6 Å². The van der Waals surface area contributed by atoms with Crippen LogP contribution in [-0.2, 0) is 13.6 Å². The number of carbonyl (C=O) groups is 1. The molecule has 3 rings (SSSR count). The number of hydrogen-bond donors (Lipinski definition) is 0. The van der Waals surface area contributed by atoms with Crippen LogP contribution in [0.15, 0.2) is 24.3 Å². The van der Waals surface area contributed by atoms with Gasteiger partial charge in [0.15, 0.2) is 0 Å². The van der Waals surface area contributed by atoms with E-state index in [-0.39, 0.29) is 18.5 Å². The average Bonchev–Trinajstić information content (AvgIpc) is 3.22. The summed E-state index contributed by atoms with van der Waals surface area (Å²) < 4.78 is 28.4. The zero-order valence-corrected chi connectivity index (χ0v) is 12.5. The van der Waals surface area contributed by atoms with Gasteiger partial charge in [-0.3, -0.25) is 9.48 Å². The summed E-state index contributed by atoms with van der Waals surface area (Å²) in [5.74, 6) is -1.42. The number of halogens is 2. The molecule has 0 unspecified atom stereocenters. The third-order valence-electron chi connectivity index (χ3n) is 3.83. The van der Waals surface area contributed by atoms with Crippen LogP contribution in [0.4, 0.5) is 8.78 Å². The Morgan fingerprint density at radius 1 is 1.36 bits per heavy atom. The smallest absolute Gasteiger partial charge is 0.272 e. The second-order valence-corrected chi connectivity index (χ2v) is 5.69. The first-order valence-corrected chi connectivity index (χ1v) is 7.21. The fourth-order valence-electron chi connectivity index (χ4n) is 2.54. The van der Waals surface area contributed by atoms with Crippen LogP contribution in [-0.4, -0.2) is 26.6 Å². The Morgan fingerprint density at radius 3 is 2.64 bits per heavy atom. The molecule has 0 atom stereocenters. The van der Waals surface area contributed by atoms with Crippen LogP contribution in [0.5, 0.6) is 0 Å². The minimum Gasteiger partial charge on any atom is -0.330 e. The lowest BCUT2D eigenvalue weighted by Gasteiger charge is -2.22. The van der Waals surface area contributed by atoms with Gasteiger partial charge in [-0.2, -0.15) is 5.10 Å². The maximum Gasteiger partial charge on any atom is 0.272 e. The van der Waals surface area contributed by atoms with E-state index in [1.54, 1.807) is 18.0 Å². The molecule has 22 heavy (non-hydrogen) atoms. The van der Waals surface area contributed by atoms with Gasteiger partial charge in [-0.1, -0.05) is 6.07 Å². The highest BCUT2D eigenvalue weighted by atomic mass is 19.1. The van der Waals surface area contributed by atoms with Gasteiger partial charge in [0.05, 0.1) is 5.69 Å². The molecular formula is C16H17F2N3O. The standard InChI is InChI=1S/C16H17F2N3O/c1-10-7-15(20(2)19-10)16(22)21(13-5-6-13)9-11-3-4-12(17)8-14(11)18/h3-4,7-8,13H,5-6,9H2,1-2H3. The number of carbonyl (C=O) groups excluding carboxylic acids is 1. The first-order chi connectivity index (χ1) is 10.5. The Bertz CT molecular complexity index is 722. The minimum atomic E-state index is -0.625. The summed E-state index contributed by atoms with van der Waals surface area (Å²) in [6, 6.07) is 5.29. The topological polar surface area (TPSA) is 38.1 Å². The van der Waals surface area contributed by atoms with Gasteiger partial charge >= 0.3 is 0 Å². The minimum absolute atomic E-state index is 0.118. The van der Waals surface area contributed by atoms with E-state index in [0.717, 1.165) is 24.6 Å². The molecule has 116 valence electrons. The lowest BCUT2D eigenvalue weighted by molar-refractivity contribution is 0.0717. The molecule has 0 saturated heterocycles.